The molecule has 0 aliphatic rings. The molecule has 0 radical (unpaired) electrons. The van der Waals surface area contributed by atoms with Crippen LogP contribution in [0.5, 0.6) is 0 Å². The standard InChI is InChI=1S/C20H19N5O2S/c1-13-5-3-6-15(9-13)20-23-19(24-27-20)17-11-25(14(2)22-17)12-18(26)21-10-16-7-4-8-28-16/h3-9,11H,10,12H2,1-2H3,(H,21,26). The van der Waals surface area contributed by atoms with Crippen molar-refractivity contribution in [3.8, 4) is 23.0 Å². The average Bonchev–Trinajstić information content (AvgIpc) is 3.42. The van der Waals surface area contributed by atoms with Crippen molar-refractivity contribution >= 4 is 17.2 Å². The second-order valence-electron chi connectivity index (χ2n) is 6.45. The molecule has 3 heterocycles. The number of rotatable bonds is 6. The van der Waals surface area contributed by atoms with Gasteiger partial charge in [-0.15, -0.1) is 11.3 Å². The molecule has 1 N–H and O–H groups in total. The number of carbonyl (C=O) groups excluding carboxylic acids is 1. The lowest BCUT2D eigenvalue weighted by Crippen LogP contribution is -2.26. The first-order valence-electron chi connectivity index (χ1n) is 8.82. The molecule has 0 saturated carbocycles. The van der Waals surface area contributed by atoms with E-state index < -0.39 is 0 Å². The van der Waals surface area contributed by atoms with Gasteiger partial charge in [0.05, 0.1) is 6.54 Å². The van der Waals surface area contributed by atoms with Crippen LogP contribution in [0.2, 0.25) is 0 Å². The highest BCUT2D eigenvalue weighted by Crippen LogP contribution is 2.22. The molecule has 0 fully saturated rings. The number of benzene rings is 1. The summed E-state index contributed by atoms with van der Waals surface area (Å²) in [5.74, 6) is 1.48. The SMILES string of the molecule is Cc1cccc(-c2nc(-c3cn(CC(=O)NCc4cccs4)c(C)n3)no2)c1. The predicted octanol–water partition coefficient (Wildman–Crippen LogP) is 3.59. The second kappa shape index (κ2) is 7.77. The van der Waals surface area contributed by atoms with Gasteiger partial charge in [0.15, 0.2) is 0 Å². The van der Waals surface area contributed by atoms with Crippen molar-refractivity contribution in [3.05, 3.63) is 64.2 Å². The molecule has 142 valence electrons. The monoisotopic (exact) mass is 393 g/mol. The number of hydrogen-bond donors (Lipinski definition) is 1. The molecule has 0 atom stereocenters. The largest absolute Gasteiger partial charge is 0.350 e. The minimum Gasteiger partial charge on any atom is -0.350 e. The van der Waals surface area contributed by atoms with E-state index in [4.69, 9.17) is 4.52 Å². The fourth-order valence-corrected chi connectivity index (χ4v) is 3.45. The Morgan fingerprint density at radius 2 is 2.11 bits per heavy atom. The Balaban J connectivity index is 1.46. The molecule has 0 bridgehead atoms. The van der Waals surface area contributed by atoms with Gasteiger partial charge in [-0.3, -0.25) is 4.79 Å². The summed E-state index contributed by atoms with van der Waals surface area (Å²) in [7, 11) is 0. The van der Waals surface area contributed by atoms with Crippen molar-refractivity contribution in [1.82, 2.24) is 25.0 Å². The maximum absolute atomic E-state index is 12.2. The van der Waals surface area contributed by atoms with Crippen LogP contribution in [-0.4, -0.2) is 25.6 Å². The minimum atomic E-state index is -0.0750. The highest BCUT2D eigenvalue weighted by Gasteiger charge is 2.16. The number of aryl methyl sites for hydroxylation is 2. The van der Waals surface area contributed by atoms with Gasteiger partial charge < -0.3 is 14.4 Å². The van der Waals surface area contributed by atoms with Crippen molar-refractivity contribution in [2.75, 3.05) is 0 Å². The third kappa shape index (κ3) is 4.01. The lowest BCUT2D eigenvalue weighted by molar-refractivity contribution is -0.121. The van der Waals surface area contributed by atoms with Crippen LogP contribution in [0.1, 0.15) is 16.3 Å². The number of imidazole rings is 1. The number of nitrogens with zero attached hydrogens (tertiary/aromatic N) is 4. The van der Waals surface area contributed by atoms with Gasteiger partial charge in [0.25, 0.3) is 5.89 Å². The number of amides is 1. The van der Waals surface area contributed by atoms with Gasteiger partial charge >= 0.3 is 0 Å². The fraction of sp³-hybridized carbons (Fsp3) is 0.200. The molecule has 1 aromatic carbocycles. The molecule has 0 spiro atoms. The third-order valence-corrected chi connectivity index (χ3v) is 5.13. The Labute approximate surface area is 166 Å². The summed E-state index contributed by atoms with van der Waals surface area (Å²) in [6.07, 6.45) is 1.77. The van der Waals surface area contributed by atoms with E-state index in [0.29, 0.717) is 29.8 Å². The molecule has 4 aromatic rings. The summed E-state index contributed by atoms with van der Waals surface area (Å²) in [5.41, 5.74) is 2.56. The first-order valence-corrected chi connectivity index (χ1v) is 9.70. The number of aromatic nitrogens is 4. The van der Waals surface area contributed by atoms with Gasteiger partial charge in [0, 0.05) is 16.6 Å². The van der Waals surface area contributed by atoms with E-state index in [1.807, 2.05) is 55.6 Å². The van der Waals surface area contributed by atoms with Gasteiger partial charge in [-0.1, -0.05) is 28.9 Å². The van der Waals surface area contributed by atoms with E-state index in [-0.39, 0.29) is 12.5 Å². The second-order valence-corrected chi connectivity index (χ2v) is 7.48. The number of thiophene rings is 1. The minimum absolute atomic E-state index is 0.0750. The molecule has 3 aromatic heterocycles. The van der Waals surface area contributed by atoms with Crippen LogP contribution in [0.3, 0.4) is 0 Å². The Bertz CT molecular complexity index is 1100. The van der Waals surface area contributed by atoms with E-state index in [1.54, 1.807) is 22.1 Å². The zero-order valence-corrected chi connectivity index (χ0v) is 16.4. The summed E-state index contributed by atoms with van der Waals surface area (Å²) >= 11 is 1.62. The molecule has 0 aliphatic heterocycles. The molecule has 28 heavy (non-hydrogen) atoms. The number of hydrogen-bond acceptors (Lipinski definition) is 6. The topological polar surface area (TPSA) is 85.8 Å². The summed E-state index contributed by atoms with van der Waals surface area (Å²) in [6, 6.07) is 11.8. The van der Waals surface area contributed by atoms with Gasteiger partial charge in [0.2, 0.25) is 11.7 Å². The summed E-state index contributed by atoms with van der Waals surface area (Å²) in [5, 5.41) is 8.94. The van der Waals surface area contributed by atoms with Crippen LogP contribution in [0, 0.1) is 13.8 Å². The lowest BCUT2D eigenvalue weighted by Gasteiger charge is -2.05. The maximum atomic E-state index is 12.2. The summed E-state index contributed by atoms with van der Waals surface area (Å²) < 4.78 is 7.16. The smallest absolute Gasteiger partial charge is 0.258 e. The highest BCUT2D eigenvalue weighted by atomic mass is 32.1. The van der Waals surface area contributed by atoms with Crippen molar-refractivity contribution in [3.63, 3.8) is 0 Å². The average molecular weight is 393 g/mol. The van der Waals surface area contributed by atoms with Crippen LogP contribution >= 0.6 is 11.3 Å². The molecule has 8 heteroatoms. The molecule has 4 rings (SSSR count). The molecule has 1 amide bonds. The zero-order valence-electron chi connectivity index (χ0n) is 15.5. The Hall–Kier alpha value is -3.26. The first-order chi connectivity index (χ1) is 13.6. The van der Waals surface area contributed by atoms with E-state index in [0.717, 1.165) is 16.0 Å². The molecule has 0 saturated heterocycles. The molecule has 7 nitrogen and oxygen atoms in total. The van der Waals surface area contributed by atoms with Crippen molar-refractivity contribution < 1.29 is 9.32 Å². The molecular weight excluding hydrogens is 374 g/mol. The third-order valence-electron chi connectivity index (χ3n) is 4.25. The lowest BCUT2D eigenvalue weighted by atomic mass is 10.1. The van der Waals surface area contributed by atoms with E-state index in [9.17, 15) is 4.79 Å². The summed E-state index contributed by atoms with van der Waals surface area (Å²) in [6.45, 7) is 4.57. The quantitative estimate of drug-likeness (QED) is 0.541. The molecular formula is C20H19N5O2S. The predicted molar refractivity (Wildman–Crippen MR) is 107 cm³/mol. The van der Waals surface area contributed by atoms with Crippen LogP contribution in [-0.2, 0) is 17.9 Å². The van der Waals surface area contributed by atoms with Gasteiger partial charge in [0.1, 0.15) is 18.1 Å². The van der Waals surface area contributed by atoms with Crippen molar-refractivity contribution in [2.24, 2.45) is 0 Å². The van der Waals surface area contributed by atoms with E-state index in [2.05, 4.69) is 20.4 Å². The van der Waals surface area contributed by atoms with Gasteiger partial charge in [-0.2, -0.15) is 4.98 Å². The number of carbonyl (C=O) groups is 1. The van der Waals surface area contributed by atoms with Crippen molar-refractivity contribution in [2.45, 2.75) is 26.9 Å². The molecule has 0 aliphatic carbocycles. The van der Waals surface area contributed by atoms with Crippen LogP contribution in [0.15, 0.2) is 52.5 Å². The van der Waals surface area contributed by atoms with Crippen LogP contribution in [0.4, 0.5) is 0 Å². The highest BCUT2D eigenvalue weighted by molar-refractivity contribution is 7.09. The zero-order chi connectivity index (χ0) is 19.5. The van der Waals surface area contributed by atoms with E-state index >= 15 is 0 Å². The molecule has 0 unspecified atom stereocenters. The van der Waals surface area contributed by atoms with Crippen LogP contribution in [0.25, 0.3) is 23.0 Å². The van der Waals surface area contributed by atoms with Crippen LogP contribution < -0.4 is 5.32 Å². The number of nitrogens with one attached hydrogen (secondary N) is 1. The fourth-order valence-electron chi connectivity index (χ4n) is 2.81. The van der Waals surface area contributed by atoms with E-state index in [1.165, 1.54) is 0 Å². The van der Waals surface area contributed by atoms with Gasteiger partial charge in [-0.05, 0) is 37.4 Å². The normalized spacial score (nSPS) is 10.9. The first kappa shape index (κ1) is 18.1. The summed E-state index contributed by atoms with van der Waals surface area (Å²) in [4.78, 5) is 22.3. The Morgan fingerprint density at radius 3 is 2.89 bits per heavy atom. The van der Waals surface area contributed by atoms with Crippen molar-refractivity contribution in [1.29, 1.82) is 0 Å². The Morgan fingerprint density at radius 1 is 1.21 bits per heavy atom. The maximum Gasteiger partial charge on any atom is 0.258 e. The Kier molecular flexibility index (Phi) is 5.03. The van der Waals surface area contributed by atoms with Gasteiger partial charge in [-0.25, -0.2) is 4.98 Å².